The van der Waals surface area contributed by atoms with E-state index in [1.54, 1.807) is 18.1 Å². The second kappa shape index (κ2) is 6.57. The van der Waals surface area contributed by atoms with E-state index < -0.39 is 0 Å². The highest BCUT2D eigenvalue weighted by atomic mass is 16.7. The van der Waals surface area contributed by atoms with Crippen LogP contribution >= 0.6 is 0 Å². The molecule has 0 radical (unpaired) electrons. The molecule has 1 aromatic carbocycles. The predicted molar refractivity (Wildman–Crippen MR) is 101 cm³/mol. The highest BCUT2D eigenvalue weighted by Gasteiger charge is 2.20. The van der Waals surface area contributed by atoms with Gasteiger partial charge in [0.2, 0.25) is 6.79 Å². The van der Waals surface area contributed by atoms with Crippen molar-refractivity contribution >= 4 is 16.9 Å². The normalized spacial score (nSPS) is 12.8. The van der Waals surface area contributed by atoms with Crippen molar-refractivity contribution in [2.45, 2.75) is 33.4 Å². The molecule has 1 aliphatic heterocycles. The van der Waals surface area contributed by atoms with Gasteiger partial charge in [0.1, 0.15) is 0 Å². The molecule has 3 heterocycles. The van der Waals surface area contributed by atoms with Crippen molar-refractivity contribution in [3.8, 4) is 11.5 Å². The molecule has 2 aromatic heterocycles. The van der Waals surface area contributed by atoms with Gasteiger partial charge in [0, 0.05) is 25.0 Å². The average molecular weight is 366 g/mol. The number of fused-ring (bicyclic) bond motifs is 2. The lowest BCUT2D eigenvalue weighted by molar-refractivity contribution is 0.0784. The molecule has 4 rings (SSSR count). The van der Waals surface area contributed by atoms with Gasteiger partial charge in [-0.2, -0.15) is 5.10 Å². The minimum atomic E-state index is -0.0723. The first-order valence-corrected chi connectivity index (χ1v) is 8.93. The zero-order chi connectivity index (χ0) is 19.1. The SMILES string of the molecule is Cc1nc2c(cnn2C(C)C)cc1C(=O)N(C)Cc1ccc2c(c1)OCO2. The number of benzene rings is 1. The molecule has 140 valence electrons. The summed E-state index contributed by atoms with van der Waals surface area (Å²) < 4.78 is 12.6. The van der Waals surface area contributed by atoms with Crippen LogP contribution in [0.15, 0.2) is 30.5 Å². The Kier molecular flexibility index (Phi) is 4.22. The fourth-order valence-corrected chi connectivity index (χ4v) is 3.25. The van der Waals surface area contributed by atoms with E-state index in [1.165, 1.54) is 0 Å². The van der Waals surface area contributed by atoms with E-state index in [0.717, 1.165) is 22.3 Å². The van der Waals surface area contributed by atoms with Crippen LogP contribution in [-0.4, -0.2) is 39.4 Å². The molecule has 0 saturated heterocycles. The molecule has 0 spiro atoms. The molecule has 0 saturated carbocycles. The molecule has 0 unspecified atom stereocenters. The second-order valence-corrected chi connectivity index (χ2v) is 7.07. The smallest absolute Gasteiger partial charge is 0.255 e. The fourth-order valence-electron chi connectivity index (χ4n) is 3.25. The molecule has 0 bridgehead atoms. The fraction of sp³-hybridized carbons (Fsp3) is 0.350. The number of amides is 1. The Balaban J connectivity index is 1.59. The summed E-state index contributed by atoms with van der Waals surface area (Å²) in [7, 11) is 1.79. The third-order valence-corrected chi connectivity index (χ3v) is 4.68. The van der Waals surface area contributed by atoms with Crippen molar-refractivity contribution < 1.29 is 14.3 Å². The van der Waals surface area contributed by atoms with Crippen LogP contribution in [0.5, 0.6) is 11.5 Å². The van der Waals surface area contributed by atoms with Crippen LogP contribution < -0.4 is 9.47 Å². The molecule has 0 fully saturated rings. The lowest BCUT2D eigenvalue weighted by Gasteiger charge is -2.18. The number of rotatable bonds is 4. The second-order valence-electron chi connectivity index (χ2n) is 7.07. The first-order valence-electron chi connectivity index (χ1n) is 8.93. The standard InChI is InChI=1S/C20H22N4O3/c1-12(2)24-19-15(9-21-24)8-16(13(3)22-19)20(25)23(4)10-14-5-6-17-18(7-14)27-11-26-17/h5-9,12H,10-11H2,1-4H3. The molecular formula is C20H22N4O3. The number of ether oxygens (including phenoxy) is 2. The summed E-state index contributed by atoms with van der Waals surface area (Å²) >= 11 is 0. The number of pyridine rings is 1. The van der Waals surface area contributed by atoms with Gasteiger partial charge in [0.25, 0.3) is 5.91 Å². The average Bonchev–Trinajstić information content (AvgIpc) is 3.26. The van der Waals surface area contributed by atoms with Crippen LogP contribution in [-0.2, 0) is 6.54 Å². The first kappa shape index (κ1) is 17.3. The van der Waals surface area contributed by atoms with E-state index in [1.807, 2.05) is 35.9 Å². The maximum atomic E-state index is 13.0. The van der Waals surface area contributed by atoms with Gasteiger partial charge in [0.05, 0.1) is 17.5 Å². The molecule has 3 aromatic rings. The number of hydrogen-bond acceptors (Lipinski definition) is 5. The molecule has 0 aliphatic carbocycles. The molecule has 27 heavy (non-hydrogen) atoms. The van der Waals surface area contributed by atoms with Crippen molar-refractivity contribution in [3.63, 3.8) is 0 Å². The number of aryl methyl sites for hydroxylation is 1. The topological polar surface area (TPSA) is 69.5 Å². The van der Waals surface area contributed by atoms with Gasteiger partial charge in [-0.15, -0.1) is 0 Å². The zero-order valence-corrected chi connectivity index (χ0v) is 15.9. The van der Waals surface area contributed by atoms with Crippen molar-refractivity contribution in [3.05, 3.63) is 47.3 Å². The van der Waals surface area contributed by atoms with Crippen molar-refractivity contribution in [1.29, 1.82) is 0 Å². The summed E-state index contributed by atoms with van der Waals surface area (Å²) in [6.07, 6.45) is 1.76. The quantitative estimate of drug-likeness (QED) is 0.708. The van der Waals surface area contributed by atoms with E-state index >= 15 is 0 Å². The Morgan fingerprint density at radius 3 is 2.81 bits per heavy atom. The Bertz CT molecular complexity index is 1030. The van der Waals surface area contributed by atoms with Gasteiger partial charge in [-0.25, -0.2) is 9.67 Å². The largest absolute Gasteiger partial charge is 0.454 e. The maximum absolute atomic E-state index is 13.0. The Morgan fingerprint density at radius 1 is 1.26 bits per heavy atom. The van der Waals surface area contributed by atoms with Gasteiger partial charge in [-0.3, -0.25) is 4.79 Å². The Morgan fingerprint density at radius 2 is 2.04 bits per heavy atom. The van der Waals surface area contributed by atoms with Crippen molar-refractivity contribution in [1.82, 2.24) is 19.7 Å². The van der Waals surface area contributed by atoms with E-state index in [4.69, 9.17) is 9.47 Å². The van der Waals surface area contributed by atoms with Gasteiger partial charge in [-0.1, -0.05) is 6.07 Å². The number of aromatic nitrogens is 3. The van der Waals surface area contributed by atoms with Crippen LogP contribution in [0.2, 0.25) is 0 Å². The van der Waals surface area contributed by atoms with Gasteiger partial charge in [0.15, 0.2) is 17.1 Å². The zero-order valence-electron chi connectivity index (χ0n) is 15.9. The third-order valence-electron chi connectivity index (χ3n) is 4.68. The van der Waals surface area contributed by atoms with Gasteiger partial charge >= 0.3 is 0 Å². The molecule has 7 heteroatoms. The lowest BCUT2D eigenvalue weighted by atomic mass is 10.1. The highest BCUT2D eigenvalue weighted by Crippen LogP contribution is 2.32. The molecular weight excluding hydrogens is 344 g/mol. The van der Waals surface area contributed by atoms with Crippen LogP contribution in [0.1, 0.15) is 41.5 Å². The van der Waals surface area contributed by atoms with Crippen LogP contribution in [0.3, 0.4) is 0 Å². The van der Waals surface area contributed by atoms with E-state index in [-0.39, 0.29) is 18.7 Å². The predicted octanol–water partition coefficient (Wildman–Crippen LogP) is 3.32. The summed E-state index contributed by atoms with van der Waals surface area (Å²) in [5.41, 5.74) is 3.08. The van der Waals surface area contributed by atoms with Crippen LogP contribution in [0.25, 0.3) is 11.0 Å². The van der Waals surface area contributed by atoms with Crippen molar-refractivity contribution in [2.24, 2.45) is 0 Å². The molecule has 0 N–H and O–H groups in total. The van der Waals surface area contributed by atoms with Crippen LogP contribution in [0.4, 0.5) is 0 Å². The molecule has 1 aliphatic rings. The van der Waals surface area contributed by atoms with Gasteiger partial charge in [-0.05, 0) is 44.5 Å². The maximum Gasteiger partial charge on any atom is 0.255 e. The van der Waals surface area contributed by atoms with Crippen molar-refractivity contribution in [2.75, 3.05) is 13.8 Å². The van der Waals surface area contributed by atoms with E-state index in [0.29, 0.717) is 23.6 Å². The summed E-state index contributed by atoms with van der Waals surface area (Å²) in [4.78, 5) is 19.3. The van der Waals surface area contributed by atoms with Crippen LogP contribution in [0, 0.1) is 6.92 Å². The molecule has 1 amide bonds. The summed E-state index contributed by atoms with van der Waals surface area (Å²) in [5.74, 6) is 1.38. The van der Waals surface area contributed by atoms with E-state index in [2.05, 4.69) is 23.9 Å². The lowest BCUT2D eigenvalue weighted by Crippen LogP contribution is -2.27. The third kappa shape index (κ3) is 3.09. The Labute approximate surface area is 157 Å². The number of carbonyl (C=O) groups excluding carboxylic acids is 1. The number of hydrogen-bond donors (Lipinski definition) is 0. The van der Waals surface area contributed by atoms with E-state index in [9.17, 15) is 4.79 Å². The number of carbonyl (C=O) groups is 1. The summed E-state index contributed by atoms with van der Waals surface area (Å²) in [6.45, 7) is 6.68. The summed E-state index contributed by atoms with van der Waals surface area (Å²) in [6, 6.07) is 7.81. The molecule has 7 nitrogen and oxygen atoms in total. The minimum absolute atomic E-state index is 0.0723. The minimum Gasteiger partial charge on any atom is -0.454 e. The summed E-state index contributed by atoms with van der Waals surface area (Å²) in [5, 5.41) is 5.26. The van der Waals surface area contributed by atoms with Gasteiger partial charge < -0.3 is 14.4 Å². The number of nitrogens with zero attached hydrogens (tertiary/aromatic N) is 4. The highest BCUT2D eigenvalue weighted by molar-refractivity contribution is 5.98. The Hall–Kier alpha value is -3.09. The monoisotopic (exact) mass is 366 g/mol. The molecule has 0 atom stereocenters. The first-order chi connectivity index (χ1) is 12.9.